The SMILES string of the molecule is COCCn1c(S[C@H]2CCC(=O)NC2=O)nc2sc3c(c2c1=O)CCCC3. The van der Waals surface area contributed by atoms with Crippen LogP contribution in [-0.2, 0) is 33.7 Å². The van der Waals surface area contributed by atoms with Crippen LogP contribution in [0.5, 0.6) is 0 Å². The summed E-state index contributed by atoms with van der Waals surface area (Å²) in [6, 6.07) is 0. The maximum absolute atomic E-state index is 13.3. The largest absolute Gasteiger partial charge is 0.383 e. The van der Waals surface area contributed by atoms with Crippen LogP contribution in [0.1, 0.15) is 36.1 Å². The van der Waals surface area contributed by atoms with Gasteiger partial charge in [-0.3, -0.25) is 24.3 Å². The Hall–Kier alpha value is -1.71. The minimum atomic E-state index is -0.421. The molecule has 9 heteroatoms. The summed E-state index contributed by atoms with van der Waals surface area (Å²) in [6.07, 6.45) is 4.94. The summed E-state index contributed by atoms with van der Waals surface area (Å²) in [4.78, 5) is 43.6. The van der Waals surface area contributed by atoms with Crippen LogP contribution in [0, 0.1) is 0 Å². The third-order valence-corrected chi connectivity index (χ3v) is 7.44. The van der Waals surface area contributed by atoms with Crippen molar-refractivity contribution in [2.75, 3.05) is 13.7 Å². The number of amides is 2. The van der Waals surface area contributed by atoms with Gasteiger partial charge >= 0.3 is 0 Å². The van der Waals surface area contributed by atoms with E-state index in [1.807, 2.05) is 0 Å². The summed E-state index contributed by atoms with van der Waals surface area (Å²) >= 11 is 2.87. The number of carbonyl (C=O) groups is 2. The van der Waals surface area contributed by atoms with E-state index in [1.54, 1.807) is 23.0 Å². The highest BCUT2D eigenvalue weighted by molar-refractivity contribution is 8.00. The molecule has 2 amide bonds. The van der Waals surface area contributed by atoms with Gasteiger partial charge in [0.05, 0.1) is 23.8 Å². The van der Waals surface area contributed by atoms with E-state index in [4.69, 9.17) is 9.72 Å². The number of aromatic nitrogens is 2. The standard InChI is InChI=1S/C18H21N3O4S2/c1-25-9-8-21-17(24)14-10-4-2-3-5-11(10)26-16(14)20-18(21)27-12-6-7-13(22)19-15(12)23/h12H,2-9H2,1H3,(H,19,22,23)/t12-/m0/s1. The first-order valence-corrected chi connectivity index (χ1v) is 10.8. The van der Waals surface area contributed by atoms with Crippen molar-refractivity contribution in [2.45, 2.75) is 55.5 Å². The maximum Gasteiger partial charge on any atom is 0.263 e. The number of rotatable bonds is 5. The first kappa shape index (κ1) is 18.6. The summed E-state index contributed by atoms with van der Waals surface area (Å²) < 4.78 is 6.80. The van der Waals surface area contributed by atoms with Crippen molar-refractivity contribution in [3.8, 4) is 0 Å². The van der Waals surface area contributed by atoms with Gasteiger partial charge < -0.3 is 4.74 Å². The molecule has 2 aromatic heterocycles. The highest BCUT2D eigenvalue weighted by atomic mass is 32.2. The zero-order chi connectivity index (χ0) is 19.0. The highest BCUT2D eigenvalue weighted by Crippen LogP contribution is 2.35. The lowest BCUT2D eigenvalue weighted by Gasteiger charge is -2.21. The molecule has 7 nitrogen and oxygen atoms in total. The van der Waals surface area contributed by atoms with Crippen LogP contribution in [0.3, 0.4) is 0 Å². The van der Waals surface area contributed by atoms with Gasteiger partial charge in [0.25, 0.3) is 5.56 Å². The molecule has 1 atom stereocenters. The van der Waals surface area contributed by atoms with Crippen molar-refractivity contribution in [1.82, 2.24) is 14.9 Å². The average Bonchev–Trinajstić information content (AvgIpc) is 3.02. The minimum Gasteiger partial charge on any atom is -0.383 e. The van der Waals surface area contributed by atoms with Crippen LogP contribution in [0.25, 0.3) is 10.2 Å². The molecule has 0 spiro atoms. The fourth-order valence-corrected chi connectivity index (χ4v) is 6.01. The number of thiophene rings is 1. The lowest BCUT2D eigenvalue weighted by atomic mass is 9.97. The number of piperidine rings is 1. The summed E-state index contributed by atoms with van der Waals surface area (Å²) in [5, 5.41) is 3.21. The quantitative estimate of drug-likeness (QED) is 0.601. The molecule has 1 fully saturated rings. The van der Waals surface area contributed by atoms with E-state index in [2.05, 4.69) is 5.32 Å². The van der Waals surface area contributed by atoms with Crippen LogP contribution in [0.2, 0.25) is 0 Å². The van der Waals surface area contributed by atoms with E-state index in [0.717, 1.165) is 41.5 Å². The third-order valence-electron chi connectivity index (χ3n) is 5.00. The number of ether oxygens (including phenoxy) is 1. The van der Waals surface area contributed by atoms with Crippen LogP contribution >= 0.6 is 23.1 Å². The Bertz CT molecular complexity index is 966. The summed E-state index contributed by atoms with van der Waals surface area (Å²) in [7, 11) is 1.59. The molecular formula is C18H21N3O4S2. The van der Waals surface area contributed by atoms with Crippen LogP contribution in [0.15, 0.2) is 9.95 Å². The number of aryl methyl sites for hydroxylation is 2. The van der Waals surface area contributed by atoms with Crippen LogP contribution < -0.4 is 10.9 Å². The van der Waals surface area contributed by atoms with E-state index in [1.165, 1.54) is 16.6 Å². The molecule has 1 aliphatic carbocycles. The molecule has 0 saturated carbocycles. The van der Waals surface area contributed by atoms with Crippen molar-refractivity contribution >= 4 is 45.1 Å². The van der Waals surface area contributed by atoms with Gasteiger partial charge in [-0.2, -0.15) is 0 Å². The third kappa shape index (κ3) is 3.55. The molecule has 144 valence electrons. The molecule has 1 N–H and O–H groups in total. The summed E-state index contributed by atoms with van der Waals surface area (Å²) in [5.41, 5.74) is 1.11. The van der Waals surface area contributed by atoms with Crippen molar-refractivity contribution in [1.29, 1.82) is 0 Å². The molecule has 2 aromatic rings. The van der Waals surface area contributed by atoms with Crippen molar-refractivity contribution in [3.05, 3.63) is 20.8 Å². The number of hydrogen-bond donors (Lipinski definition) is 1. The maximum atomic E-state index is 13.3. The topological polar surface area (TPSA) is 90.3 Å². The predicted octanol–water partition coefficient (Wildman–Crippen LogP) is 1.88. The molecule has 0 bridgehead atoms. The second kappa shape index (κ2) is 7.73. The van der Waals surface area contributed by atoms with Gasteiger partial charge in [0.2, 0.25) is 11.8 Å². The normalized spacial score (nSPS) is 20.0. The summed E-state index contributed by atoms with van der Waals surface area (Å²) in [6.45, 7) is 0.779. The Labute approximate surface area is 164 Å². The molecule has 1 aliphatic heterocycles. The molecule has 0 unspecified atom stereocenters. The van der Waals surface area contributed by atoms with Crippen LogP contribution in [0.4, 0.5) is 0 Å². The van der Waals surface area contributed by atoms with Crippen molar-refractivity contribution < 1.29 is 14.3 Å². The lowest BCUT2D eigenvalue weighted by Crippen LogP contribution is -2.42. The van der Waals surface area contributed by atoms with Gasteiger partial charge in [-0.25, -0.2) is 4.98 Å². The molecule has 4 rings (SSSR count). The molecule has 2 aliphatic rings. The van der Waals surface area contributed by atoms with Gasteiger partial charge in [0.1, 0.15) is 4.83 Å². The average molecular weight is 408 g/mol. The van der Waals surface area contributed by atoms with E-state index in [9.17, 15) is 14.4 Å². The molecule has 3 heterocycles. The number of nitrogens with one attached hydrogen (secondary N) is 1. The first-order valence-electron chi connectivity index (χ1n) is 9.13. The number of imide groups is 1. The Morgan fingerprint density at radius 3 is 2.85 bits per heavy atom. The zero-order valence-corrected chi connectivity index (χ0v) is 16.7. The van der Waals surface area contributed by atoms with E-state index >= 15 is 0 Å². The fourth-order valence-electron chi connectivity index (χ4n) is 3.60. The van der Waals surface area contributed by atoms with Gasteiger partial charge in [-0.15, -0.1) is 11.3 Å². The fraction of sp³-hybridized carbons (Fsp3) is 0.556. The van der Waals surface area contributed by atoms with E-state index in [0.29, 0.717) is 31.1 Å². The minimum absolute atomic E-state index is 0.0498. The number of fused-ring (bicyclic) bond motifs is 3. The molecule has 27 heavy (non-hydrogen) atoms. The molecular weight excluding hydrogens is 386 g/mol. The highest BCUT2D eigenvalue weighted by Gasteiger charge is 2.30. The number of hydrogen-bond acceptors (Lipinski definition) is 7. The number of carbonyl (C=O) groups excluding carboxylic acids is 2. The number of nitrogens with zero attached hydrogens (tertiary/aromatic N) is 2. The zero-order valence-electron chi connectivity index (χ0n) is 15.1. The van der Waals surface area contributed by atoms with Gasteiger partial charge in [-0.1, -0.05) is 11.8 Å². The molecule has 1 saturated heterocycles. The van der Waals surface area contributed by atoms with Crippen LogP contribution in [-0.4, -0.2) is 40.3 Å². The Kier molecular flexibility index (Phi) is 5.34. The van der Waals surface area contributed by atoms with E-state index < -0.39 is 5.25 Å². The van der Waals surface area contributed by atoms with Gasteiger partial charge in [0.15, 0.2) is 5.16 Å². The number of methoxy groups -OCH3 is 1. The Balaban J connectivity index is 1.77. The van der Waals surface area contributed by atoms with Crippen molar-refractivity contribution in [2.24, 2.45) is 0 Å². The lowest BCUT2D eigenvalue weighted by molar-refractivity contribution is -0.132. The smallest absolute Gasteiger partial charge is 0.263 e. The van der Waals surface area contributed by atoms with E-state index in [-0.39, 0.29) is 17.4 Å². The second-order valence-corrected chi connectivity index (χ2v) is 9.05. The Morgan fingerprint density at radius 1 is 1.26 bits per heavy atom. The van der Waals surface area contributed by atoms with Gasteiger partial charge in [0, 0.05) is 18.4 Å². The predicted molar refractivity (Wildman–Crippen MR) is 104 cm³/mol. The number of thioether (sulfide) groups is 1. The monoisotopic (exact) mass is 407 g/mol. The van der Waals surface area contributed by atoms with Crippen molar-refractivity contribution in [3.63, 3.8) is 0 Å². The molecule has 0 aromatic carbocycles. The molecule has 0 radical (unpaired) electrons. The van der Waals surface area contributed by atoms with Gasteiger partial charge in [-0.05, 0) is 37.7 Å². The summed E-state index contributed by atoms with van der Waals surface area (Å²) in [5.74, 6) is -0.558. The first-order chi connectivity index (χ1) is 13.1. The Morgan fingerprint density at radius 2 is 2.07 bits per heavy atom. The second-order valence-electron chi connectivity index (χ2n) is 6.79.